The average molecular weight is 283 g/mol. The Morgan fingerprint density at radius 2 is 2.00 bits per heavy atom. The summed E-state index contributed by atoms with van der Waals surface area (Å²) in [5, 5.41) is 0. The molecule has 19 heavy (non-hydrogen) atoms. The Bertz CT molecular complexity index is 419. The Kier molecular flexibility index (Phi) is 5.39. The maximum absolute atomic E-state index is 12.3. The first kappa shape index (κ1) is 16.0. The summed E-state index contributed by atoms with van der Waals surface area (Å²) >= 11 is 0. The number of hydrogen-bond donors (Lipinski definition) is 1. The van der Waals surface area contributed by atoms with E-state index in [0.29, 0.717) is 12.5 Å². The molecule has 4 heteroatoms. The summed E-state index contributed by atoms with van der Waals surface area (Å²) in [4.78, 5) is 14.3. The topological polar surface area (TPSA) is 46.3 Å². The molecular formula is C15H23ClN2O. The van der Waals surface area contributed by atoms with Crippen LogP contribution < -0.4 is 5.73 Å². The number of rotatable bonds is 3. The molecule has 1 aliphatic heterocycles. The molecule has 0 spiro atoms. The zero-order valence-electron chi connectivity index (χ0n) is 11.6. The van der Waals surface area contributed by atoms with E-state index >= 15 is 0 Å². The van der Waals surface area contributed by atoms with Gasteiger partial charge in [0.15, 0.2) is 0 Å². The fraction of sp³-hybridized carbons (Fsp3) is 0.533. The minimum Gasteiger partial charge on any atom is -0.342 e. The summed E-state index contributed by atoms with van der Waals surface area (Å²) in [6.45, 7) is 5.92. The minimum absolute atomic E-state index is 0. The van der Waals surface area contributed by atoms with Gasteiger partial charge in [-0.05, 0) is 25.8 Å². The third kappa shape index (κ3) is 3.48. The number of halogens is 1. The van der Waals surface area contributed by atoms with Crippen molar-refractivity contribution in [1.29, 1.82) is 0 Å². The van der Waals surface area contributed by atoms with Crippen molar-refractivity contribution < 1.29 is 4.79 Å². The third-order valence-electron chi connectivity index (χ3n) is 3.84. The predicted molar refractivity (Wildman–Crippen MR) is 80.5 cm³/mol. The zero-order valence-corrected chi connectivity index (χ0v) is 12.5. The molecule has 1 aromatic carbocycles. The van der Waals surface area contributed by atoms with E-state index in [1.807, 2.05) is 24.8 Å². The van der Waals surface area contributed by atoms with Gasteiger partial charge in [-0.2, -0.15) is 0 Å². The number of amides is 1. The van der Waals surface area contributed by atoms with Crippen LogP contribution in [0.2, 0.25) is 0 Å². The normalized spacial score (nSPS) is 19.1. The largest absolute Gasteiger partial charge is 0.342 e. The van der Waals surface area contributed by atoms with Crippen LogP contribution in [0.3, 0.4) is 0 Å². The molecular weight excluding hydrogens is 260 g/mol. The molecule has 1 atom stereocenters. The summed E-state index contributed by atoms with van der Waals surface area (Å²) < 4.78 is 0. The molecule has 1 saturated heterocycles. The second-order valence-corrected chi connectivity index (χ2v) is 5.74. The van der Waals surface area contributed by atoms with Crippen molar-refractivity contribution >= 4 is 18.3 Å². The van der Waals surface area contributed by atoms with Gasteiger partial charge >= 0.3 is 0 Å². The molecule has 1 heterocycles. The maximum Gasteiger partial charge on any atom is 0.229 e. The molecule has 2 N–H and O–H groups in total. The van der Waals surface area contributed by atoms with Crippen molar-refractivity contribution in [1.82, 2.24) is 4.90 Å². The Morgan fingerprint density at radius 1 is 1.37 bits per heavy atom. The Hall–Kier alpha value is -1.06. The molecule has 2 rings (SSSR count). The molecule has 0 saturated carbocycles. The highest BCUT2D eigenvalue weighted by Gasteiger charge is 2.35. The van der Waals surface area contributed by atoms with E-state index in [4.69, 9.17) is 5.73 Å². The predicted octanol–water partition coefficient (Wildman–Crippen LogP) is 2.41. The number of benzene rings is 1. The van der Waals surface area contributed by atoms with Crippen LogP contribution in [-0.4, -0.2) is 30.4 Å². The number of nitrogens with zero attached hydrogens (tertiary/aromatic N) is 1. The molecule has 1 unspecified atom stereocenters. The molecule has 0 bridgehead atoms. The highest BCUT2D eigenvalue weighted by Crippen LogP contribution is 2.29. The average Bonchev–Trinajstić information content (AvgIpc) is 2.88. The van der Waals surface area contributed by atoms with Crippen molar-refractivity contribution in [2.75, 3.05) is 19.6 Å². The summed E-state index contributed by atoms with van der Waals surface area (Å²) in [6, 6.07) is 10.4. The van der Waals surface area contributed by atoms with Crippen LogP contribution in [0.4, 0.5) is 0 Å². The van der Waals surface area contributed by atoms with E-state index in [1.54, 1.807) is 0 Å². The lowest BCUT2D eigenvalue weighted by molar-refractivity contribution is -0.138. The molecule has 0 radical (unpaired) electrons. The van der Waals surface area contributed by atoms with Gasteiger partial charge < -0.3 is 10.6 Å². The zero-order chi connectivity index (χ0) is 13.2. The van der Waals surface area contributed by atoms with Gasteiger partial charge in [0.05, 0.1) is 5.41 Å². The summed E-state index contributed by atoms with van der Waals surface area (Å²) in [5.41, 5.74) is 6.57. The number of likely N-dealkylation sites (tertiary alicyclic amines) is 1. The first-order valence-electron chi connectivity index (χ1n) is 6.59. The number of hydrogen-bond acceptors (Lipinski definition) is 2. The summed E-state index contributed by atoms with van der Waals surface area (Å²) in [6.07, 6.45) is 1.05. The van der Waals surface area contributed by atoms with Crippen LogP contribution in [0.1, 0.15) is 31.7 Å². The molecule has 0 aromatic heterocycles. The second kappa shape index (κ2) is 6.40. The van der Waals surface area contributed by atoms with Gasteiger partial charge in [-0.25, -0.2) is 0 Å². The smallest absolute Gasteiger partial charge is 0.229 e. The van der Waals surface area contributed by atoms with E-state index in [-0.39, 0.29) is 18.3 Å². The number of carbonyl (C=O) groups excluding carboxylic acids is 1. The maximum atomic E-state index is 12.3. The molecule has 0 aliphatic carbocycles. The lowest BCUT2D eigenvalue weighted by atomic mass is 9.92. The first-order chi connectivity index (χ1) is 8.54. The molecule has 1 fully saturated rings. The Balaban J connectivity index is 0.00000180. The van der Waals surface area contributed by atoms with Crippen LogP contribution in [-0.2, 0) is 4.79 Å². The molecule has 106 valence electrons. The van der Waals surface area contributed by atoms with Gasteiger partial charge in [0.25, 0.3) is 0 Å². The lowest BCUT2D eigenvalue weighted by Crippen LogP contribution is -2.43. The van der Waals surface area contributed by atoms with Gasteiger partial charge in [0, 0.05) is 25.6 Å². The van der Waals surface area contributed by atoms with Gasteiger partial charge in [-0.15, -0.1) is 12.4 Å². The quantitative estimate of drug-likeness (QED) is 0.925. The number of nitrogens with two attached hydrogens (primary N) is 1. The van der Waals surface area contributed by atoms with Gasteiger partial charge in [-0.3, -0.25) is 4.79 Å². The second-order valence-electron chi connectivity index (χ2n) is 5.74. The highest BCUT2D eigenvalue weighted by atomic mass is 35.5. The number of carbonyl (C=O) groups is 1. The molecule has 1 amide bonds. The SMILES string of the molecule is CC(C)(CN)C(=O)N1CCC(c2ccccc2)C1.Cl. The molecule has 3 nitrogen and oxygen atoms in total. The monoisotopic (exact) mass is 282 g/mol. The van der Waals surface area contributed by atoms with E-state index in [1.165, 1.54) is 5.56 Å². The van der Waals surface area contributed by atoms with Crippen LogP contribution in [0.25, 0.3) is 0 Å². The van der Waals surface area contributed by atoms with Gasteiger partial charge in [0.2, 0.25) is 5.91 Å². The van der Waals surface area contributed by atoms with Crippen LogP contribution in [0.15, 0.2) is 30.3 Å². The van der Waals surface area contributed by atoms with Gasteiger partial charge in [0.1, 0.15) is 0 Å². The minimum atomic E-state index is -0.439. The Labute approximate surface area is 121 Å². The van der Waals surface area contributed by atoms with E-state index in [9.17, 15) is 4.79 Å². The first-order valence-corrected chi connectivity index (χ1v) is 6.59. The highest BCUT2D eigenvalue weighted by molar-refractivity contribution is 5.85. The Morgan fingerprint density at radius 3 is 2.58 bits per heavy atom. The van der Waals surface area contributed by atoms with E-state index in [0.717, 1.165) is 19.5 Å². The van der Waals surface area contributed by atoms with Gasteiger partial charge in [-0.1, -0.05) is 30.3 Å². The standard InChI is InChI=1S/C15H22N2O.ClH/c1-15(2,11-16)14(18)17-9-8-13(10-17)12-6-4-3-5-7-12;/h3-7,13H,8-11,16H2,1-2H3;1H. The van der Waals surface area contributed by atoms with Crippen LogP contribution >= 0.6 is 12.4 Å². The van der Waals surface area contributed by atoms with E-state index < -0.39 is 5.41 Å². The van der Waals surface area contributed by atoms with Crippen molar-refractivity contribution in [2.45, 2.75) is 26.2 Å². The summed E-state index contributed by atoms with van der Waals surface area (Å²) in [7, 11) is 0. The summed E-state index contributed by atoms with van der Waals surface area (Å²) in [5.74, 6) is 0.659. The fourth-order valence-electron chi connectivity index (χ4n) is 2.46. The third-order valence-corrected chi connectivity index (χ3v) is 3.84. The van der Waals surface area contributed by atoms with E-state index in [2.05, 4.69) is 24.3 Å². The van der Waals surface area contributed by atoms with Crippen molar-refractivity contribution in [3.63, 3.8) is 0 Å². The lowest BCUT2D eigenvalue weighted by Gasteiger charge is -2.28. The van der Waals surface area contributed by atoms with Crippen molar-refractivity contribution in [2.24, 2.45) is 11.1 Å². The fourth-order valence-corrected chi connectivity index (χ4v) is 2.46. The van der Waals surface area contributed by atoms with Crippen molar-refractivity contribution in [3.8, 4) is 0 Å². The molecule has 1 aliphatic rings. The van der Waals surface area contributed by atoms with Crippen LogP contribution in [0, 0.1) is 5.41 Å². The molecule has 1 aromatic rings. The van der Waals surface area contributed by atoms with Crippen LogP contribution in [0.5, 0.6) is 0 Å². The van der Waals surface area contributed by atoms with Crippen molar-refractivity contribution in [3.05, 3.63) is 35.9 Å².